The Bertz CT molecular complexity index is 1370. The molecule has 10 nitrogen and oxygen atoms in total. The molecule has 2 N–H and O–H groups in total. The Morgan fingerprint density at radius 1 is 1.18 bits per heavy atom. The first kappa shape index (κ1) is 21.6. The van der Waals surface area contributed by atoms with Crippen LogP contribution < -0.4 is 10.2 Å². The van der Waals surface area contributed by atoms with Gasteiger partial charge in [-0.15, -0.1) is 0 Å². The quantitative estimate of drug-likeness (QED) is 0.425. The van der Waals surface area contributed by atoms with Gasteiger partial charge in [0.2, 0.25) is 0 Å². The fourth-order valence-electron chi connectivity index (χ4n) is 4.18. The summed E-state index contributed by atoms with van der Waals surface area (Å²) in [5.41, 5.74) is 2.94. The molecular weight excluding hydrogens is 432 g/mol. The second kappa shape index (κ2) is 8.97. The Morgan fingerprint density at radius 2 is 2.00 bits per heavy atom. The largest absolute Gasteiger partial charge is 0.511 e. The van der Waals surface area contributed by atoms with Crippen molar-refractivity contribution in [2.75, 3.05) is 23.3 Å². The first-order valence-electron chi connectivity index (χ1n) is 11.2. The van der Waals surface area contributed by atoms with Crippen LogP contribution in [0, 0.1) is 0 Å². The summed E-state index contributed by atoms with van der Waals surface area (Å²) in [6.07, 6.45) is 8.66. The maximum atomic E-state index is 13.2. The number of nitrogens with zero attached hydrogens (tertiary/aromatic N) is 7. The summed E-state index contributed by atoms with van der Waals surface area (Å²) in [7, 11) is 1.86. The number of aryl methyl sites for hydroxylation is 1. The number of piperidine rings is 1. The van der Waals surface area contributed by atoms with Gasteiger partial charge in [0.1, 0.15) is 11.5 Å². The Kier molecular flexibility index (Phi) is 5.70. The van der Waals surface area contributed by atoms with E-state index < -0.39 is 0 Å². The highest BCUT2D eigenvalue weighted by atomic mass is 16.3. The van der Waals surface area contributed by atoms with Crippen LogP contribution in [0.15, 0.2) is 55.2 Å². The number of rotatable bonds is 6. The average Bonchev–Trinajstić information content (AvgIpc) is 3.44. The first-order valence-corrected chi connectivity index (χ1v) is 11.2. The molecule has 1 amide bonds. The van der Waals surface area contributed by atoms with Gasteiger partial charge in [-0.3, -0.25) is 14.2 Å². The van der Waals surface area contributed by atoms with E-state index in [1.807, 2.05) is 25.4 Å². The fraction of sp³-hybridized carbons (Fsp3) is 0.292. The molecule has 10 heteroatoms. The monoisotopic (exact) mass is 458 g/mol. The van der Waals surface area contributed by atoms with Gasteiger partial charge in [-0.1, -0.05) is 12.6 Å². The molecule has 174 valence electrons. The van der Waals surface area contributed by atoms with E-state index in [4.69, 9.17) is 4.98 Å². The van der Waals surface area contributed by atoms with E-state index in [-0.39, 0.29) is 23.9 Å². The number of aromatic nitrogens is 6. The second-order valence-corrected chi connectivity index (χ2v) is 8.48. The van der Waals surface area contributed by atoms with Gasteiger partial charge in [-0.2, -0.15) is 10.2 Å². The normalized spacial score (nSPS) is 13.9. The molecule has 5 heterocycles. The molecule has 5 rings (SSSR count). The molecule has 1 aliphatic heterocycles. The number of hydrogen-bond donors (Lipinski definition) is 2. The van der Waals surface area contributed by atoms with E-state index in [2.05, 4.69) is 32.0 Å². The van der Waals surface area contributed by atoms with Crippen LogP contribution in [0.3, 0.4) is 0 Å². The van der Waals surface area contributed by atoms with Crippen molar-refractivity contribution in [1.29, 1.82) is 0 Å². The molecular formula is C24H26N8O2. The highest BCUT2D eigenvalue weighted by Gasteiger charge is 2.20. The summed E-state index contributed by atoms with van der Waals surface area (Å²) in [6.45, 7) is 5.47. The molecule has 1 fully saturated rings. The van der Waals surface area contributed by atoms with E-state index in [0.717, 1.165) is 42.7 Å². The Labute approximate surface area is 196 Å². The molecule has 0 spiro atoms. The van der Waals surface area contributed by atoms with Crippen LogP contribution in [-0.2, 0) is 13.6 Å². The number of nitrogens with one attached hydrogen (secondary N) is 1. The van der Waals surface area contributed by atoms with Crippen LogP contribution in [0.1, 0.15) is 29.8 Å². The van der Waals surface area contributed by atoms with Gasteiger partial charge in [0, 0.05) is 43.5 Å². The van der Waals surface area contributed by atoms with Gasteiger partial charge in [-0.05, 0) is 37.5 Å². The van der Waals surface area contributed by atoms with Crippen LogP contribution in [0.2, 0.25) is 0 Å². The lowest BCUT2D eigenvalue weighted by Gasteiger charge is -2.29. The van der Waals surface area contributed by atoms with Gasteiger partial charge < -0.3 is 15.3 Å². The van der Waals surface area contributed by atoms with Crippen LogP contribution in [0.5, 0.6) is 0 Å². The lowest BCUT2D eigenvalue weighted by Crippen LogP contribution is -2.31. The smallest absolute Gasteiger partial charge is 0.274 e. The Morgan fingerprint density at radius 3 is 2.79 bits per heavy atom. The molecule has 0 aromatic carbocycles. The van der Waals surface area contributed by atoms with Crippen LogP contribution >= 0.6 is 0 Å². The van der Waals surface area contributed by atoms with Gasteiger partial charge in [-0.25, -0.2) is 9.97 Å². The molecule has 0 saturated carbocycles. The van der Waals surface area contributed by atoms with Crippen molar-refractivity contribution in [1.82, 2.24) is 29.5 Å². The maximum Gasteiger partial charge on any atom is 0.274 e. The summed E-state index contributed by atoms with van der Waals surface area (Å²) in [5.74, 6) is 0.432. The molecule has 0 aliphatic carbocycles. The number of anilines is 2. The van der Waals surface area contributed by atoms with E-state index in [9.17, 15) is 9.90 Å². The lowest BCUT2D eigenvalue weighted by atomic mass is 10.1. The van der Waals surface area contributed by atoms with Gasteiger partial charge in [0.25, 0.3) is 5.91 Å². The summed E-state index contributed by atoms with van der Waals surface area (Å²) < 4.78 is 3.28. The van der Waals surface area contributed by atoms with Crippen molar-refractivity contribution < 1.29 is 9.90 Å². The maximum absolute atomic E-state index is 13.2. The van der Waals surface area contributed by atoms with Gasteiger partial charge >= 0.3 is 0 Å². The molecule has 0 bridgehead atoms. The number of allylic oxidation sites excluding steroid dienone is 1. The summed E-state index contributed by atoms with van der Waals surface area (Å²) >= 11 is 0. The Balaban J connectivity index is 1.44. The van der Waals surface area contributed by atoms with Crippen molar-refractivity contribution >= 4 is 28.4 Å². The highest BCUT2D eigenvalue weighted by Crippen LogP contribution is 2.30. The number of carbonyl (C=O) groups is 1. The topological polar surface area (TPSA) is 114 Å². The van der Waals surface area contributed by atoms with Crippen molar-refractivity contribution in [2.24, 2.45) is 7.05 Å². The number of aliphatic hydroxyl groups excluding tert-OH is 1. The number of hydrogen-bond acceptors (Lipinski definition) is 7. The van der Waals surface area contributed by atoms with Crippen molar-refractivity contribution in [3.05, 3.63) is 60.9 Å². The van der Waals surface area contributed by atoms with E-state index in [0.29, 0.717) is 17.0 Å². The number of aliphatic hydroxyl groups is 1. The third-order valence-electron chi connectivity index (χ3n) is 5.75. The zero-order valence-corrected chi connectivity index (χ0v) is 19.0. The third-order valence-corrected chi connectivity index (χ3v) is 5.75. The molecule has 4 aromatic heterocycles. The van der Waals surface area contributed by atoms with Gasteiger partial charge in [0.05, 0.1) is 24.1 Å². The minimum absolute atomic E-state index is 0.0134. The summed E-state index contributed by atoms with van der Waals surface area (Å²) in [6, 6.07) is 7.20. The van der Waals surface area contributed by atoms with Crippen molar-refractivity contribution in [3.63, 3.8) is 0 Å². The number of pyridine rings is 2. The average molecular weight is 459 g/mol. The molecule has 0 radical (unpaired) electrons. The zero-order chi connectivity index (χ0) is 23.7. The Hall–Kier alpha value is -4.21. The number of fused-ring (bicyclic) bond motifs is 1. The van der Waals surface area contributed by atoms with E-state index >= 15 is 0 Å². The van der Waals surface area contributed by atoms with Crippen LogP contribution in [0.25, 0.3) is 22.3 Å². The third kappa shape index (κ3) is 4.47. The van der Waals surface area contributed by atoms with Crippen LogP contribution in [-0.4, -0.2) is 53.6 Å². The minimum Gasteiger partial charge on any atom is -0.511 e. The lowest BCUT2D eigenvalue weighted by molar-refractivity contribution is 0.102. The molecule has 1 saturated heterocycles. The zero-order valence-electron chi connectivity index (χ0n) is 19.0. The highest BCUT2D eigenvalue weighted by molar-refractivity contribution is 6.05. The fourth-order valence-corrected chi connectivity index (χ4v) is 4.18. The molecule has 34 heavy (non-hydrogen) atoms. The predicted molar refractivity (Wildman–Crippen MR) is 130 cm³/mol. The standard InChI is InChI=1S/C24H26N8O2/c1-16(33)13-32-15-18(12-25-32)19-7-6-8-20(26-19)24(34)27-21-11-17-14-30(2)29-22(17)28-23(21)31-9-4-3-5-10-31/h6-8,11-12,14-15,33H,1,3-5,9-10,13H2,2H3,(H,27,34). The van der Waals surface area contributed by atoms with E-state index in [1.165, 1.54) is 6.42 Å². The molecule has 4 aromatic rings. The SMILES string of the molecule is C=C(O)Cn1cc(-c2cccc(C(=O)Nc3cc4cn(C)nc4nc3N3CCCCC3)n2)cn1. The number of amides is 1. The summed E-state index contributed by atoms with van der Waals surface area (Å²) in [5, 5.41) is 21.9. The minimum atomic E-state index is -0.318. The molecule has 0 atom stereocenters. The van der Waals surface area contributed by atoms with E-state index in [1.54, 1.807) is 33.9 Å². The second-order valence-electron chi connectivity index (χ2n) is 8.48. The predicted octanol–water partition coefficient (Wildman–Crippen LogP) is 3.54. The number of carbonyl (C=O) groups excluding carboxylic acids is 1. The van der Waals surface area contributed by atoms with Crippen LogP contribution in [0.4, 0.5) is 11.5 Å². The molecule has 0 unspecified atom stereocenters. The van der Waals surface area contributed by atoms with Crippen molar-refractivity contribution in [3.8, 4) is 11.3 Å². The van der Waals surface area contributed by atoms with Crippen molar-refractivity contribution in [2.45, 2.75) is 25.8 Å². The van der Waals surface area contributed by atoms with Gasteiger partial charge in [0.15, 0.2) is 11.5 Å². The molecule has 1 aliphatic rings. The first-order chi connectivity index (χ1) is 16.5. The summed E-state index contributed by atoms with van der Waals surface area (Å²) in [4.78, 5) is 24.7.